The van der Waals surface area contributed by atoms with Gasteiger partial charge in [0.1, 0.15) is 5.82 Å². The Hall–Kier alpha value is -2.67. The van der Waals surface area contributed by atoms with Gasteiger partial charge in [-0.05, 0) is 55.7 Å². The molecule has 0 aliphatic carbocycles. The van der Waals surface area contributed by atoms with Crippen molar-refractivity contribution in [1.29, 1.82) is 0 Å². The smallest absolute Gasteiger partial charge is 0.227 e. The molecular weight excluding hydrogens is 401 g/mol. The fourth-order valence-corrected chi connectivity index (χ4v) is 3.83. The molecule has 0 spiro atoms. The number of thioether (sulfide) groups is 1. The van der Waals surface area contributed by atoms with Crippen LogP contribution in [0.2, 0.25) is 0 Å². The van der Waals surface area contributed by atoms with Gasteiger partial charge in [0.05, 0.1) is 0 Å². The van der Waals surface area contributed by atoms with E-state index in [1.165, 1.54) is 11.0 Å². The zero-order valence-corrected chi connectivity index (χ0v) is 18.5. The second kappa shape index (κ2) is 9.89. The molecule has 7 heteroatoms. The van der Waals surface area contributed by atoms with Crippen LogP contribution >= 0.6 is 11.8 Å². The van der Waals surface area contributed by atoms with Crippen LogP contribution in [0.3, 0.4) is 0 Å². The summed E-state index contributed by atoms with van der Waals surface area (Å²) in [6.07, 6.45) is 1.64. The highest BCUT2D eigenvalue weighted by molar-refractivity contribution is 7.99. The lowest BCUT2D eigenvalue weighted by atomic mass is 10.1. The van der Waals surface area contributed by atoms with Gasteiger partial charge in [-0.3, -0.25) is 4.79 Å². The van der Waals surface area contributed by atoms with E-state index in [2.05, 4.69) is 35.4 Å². The molecule has 1 amide bonds. The molecule has 158 valence electrons. The van der Waals surface area contributed by atoms with E-state index < -0.39 is 0 Å². The van der Waals surface area contributed by atoms with E-state index in [0.717, 1.165) is 17.7 Å². The fourth-order valence-electron chi connectivity index (χ4n) is 2.80. The van der Waals surface area contributed by atoms with Gasteiger partial charge in [-0.1, -0.05) is 31.1 Å². The van der Waals surface area contributed by atoms with Crippen molar-refractivity contribution in [3.8, 4) is 11.4 Å². The van der Waals surface area contributed by atoms with Crippen molar-refractivity contribution in [2.45, 2.75) is 57.1 Å². The van der Waals surface area contributed by atoms with Gasteiger partial charge >= 0.3 is 0 Å². The monoisotopic (exact) mass is 427 g/mol. The summed E-state index contributed by atoms with van der Waals surface area (Å²) in [5.74, 6) is 0.219. The molecule has 0 saturated heterocycles. The van der Waals surface area contributed by atoms with Crippen molar-refractivity contribution in [2.24, 2.45) is 0 Å². The summed E-state index contributed by atoms with van der Waals surface area (Å²) in [5, 5.41) is 7.38. The number of nitrogens with zero attached hydrogens (tertiary/aromatic N) is 2. The van der Waals surface area contributed by atoms with Crippen molar-refractivity contribution >= 4 is 23.4 Å². The average molecular weight is 428 g/mol. The maximum atomic E-state index is 13.7. The van der Waals surface area contributed by atoms with Crippen LogP contribution in [0, 0.1) is 19.7 Å². The zero-order valence-electron chi connectivity index (χ0n) is 17.7. The van der Waals surface area contributed by atoms with Crippen LogP contribution in [0.4, 0.5) is 10.1 Å². The Morgan fingerprint density at radius 3 is 2.70 bits per heavy atom. The van der Waals surface area contributed by atoms with Crippen molar-refractivity contribution in [1.82, 2.24) is 10.1 Å². The molecule has 1 atom stereocenters. The highest BCUT2D eigenvalue weighted by Gasteiger charge is 2.13. The molecule has 1 heterocycles. The van der Waals surface area contributed by atoms with Crippen LogP contribution in [0.25, 0.3) is 11.4 Å². The molecule has 1 unspecified atom stereocenters. The first-order chi connectivity index (χ1) is 14.4. The maximum absolute atomic E-state index is 13.7. The Bertz CT molecular complexity index is 1040. The Morgan fingerprint density at radius 1 is 1.20 bits per heavy atom. The number of hydrogen-bond donors (Lipinski definition) is 1. The van der Waals surface area contributed by atoms with Crippen molar-refractivity contribution < 1.29 is 13.7 Å². The number of anilines is 1. The summed E-state index contributed by atoms with van der Waals surface area (Å²) in [7, 11) is 0. The van der Waals surface area contributed by atoms with E-state index >= 15 is 0 Å². The van der Waals surface area contributed by atoms with Gasteiger partial charge in [-0.25, -0.2) is 4.39 Å². The summed E-state index contributed by atoms with van der Waals surface area (Å²) in [6, 6.07) is 10.9. The van der Waals surface area contributed by atoms with Crippen LogP contribution in [0.15, 0.2) is 45.8 Å². The van der Waals surface area contributed by atoms with Gasteiger partial charge in [0, 0.05) is 34.2 Å². The number of halogens is 1. The van der Waals surface area contributed by atoms with Crippen LogP contribution in [-0.2, 0) is 11.2 Å². The number of aromatic nitrogens is 2. The Labute approximate surface area is 180 Å². The van der Waals surface area contributed by atoms with E-state index in [1.54, 1.807) is 19.1 Å². The Balaban J connectivity index is 1.56. The van der Waals surface area contributed by atoms with E-state index in [9.17, 15) is 9.18 Å². The second-order valence-electron chi connectivity index (χ2n) is 7.34. The van der Waals surface area contributed by atoms with E-state index in [-0.39, 0.29) is 18.1 Å². The fraction of sp³-hybridized carbons (Fsp3) is 0.348. The van der Waals surface area contributed by atoms with Crippen LogP contribution < -0.4 is 5.32 Å². The Kier molecular flexibility index (Phi) is 7.26. The minimum atomic E-state index is -0.317. The molecule has 0 fully saturated rings. The molecule has 30 heavy (non-hydrogen) atoms. The van der Waals surface area contributed by atoms with Crippen LogP contribution in [0.5, 0.6) is 0 Å². The van der Waals surface area contributed by atoms with Crippen LogP contribution in [-0.4, -0.2) is 21.3 Å². The highest BCUT2D eigenvalue weighted by Crippen LogP contribution is 2.28. The lowest BCUT2D eigenvalue weighted by molar-refractivity contribution is -0.116. The zero-order chi connectivity index (χ0) is 21.7. The summed E-state index contributed by atoms with van der Waals surface area (Å²) in [6.45, 7) is 8.05. The van der Waals surface area contributed by atoms with E-state index in [1.807, 2.05) is 30.8 Å². The van der Waals surface area contributed by atoms with Crippen molar-refractivity contribution in [2.75, 3.05) is 5.32 Å². The van der Waals surface area contributed by atoms with Crippen molar-refractivity contribution in [3.63, 3.8) is 0 Å². The lowest BCUT2D eigenvalue weighted by Gasteiger charge is -2.12. The predicted molar refractivity (Wildman–Crippen MR) is 118 cm³/mol. The molecule has 0 aliphatic heterocycles. The standard InChI is InChI=1S/C23H26FN3O2S/c1-5-16(4)30-18-8-9-20(15(3)12-18)25-21(28)10-11-22-26-23(27-29-22)17-7-6-14(2)19(24)13-17/h6-9,12-13,16H,5,10-11H2,1-4H3,(H,25,28). The summed E-state index contributed by atoms with van der Waals surface area (Å²) in [5.41, 5.74) is 2.93. The molecular formula is C23H26FN3O2S. The molecule has 1 aromatic heterocycles. The third-order valence-electron chi connectivity index (χ3n) is 4.85. The molecule has 1 N–H and O–H groups in total. The van der Waals surface area contributed by atoms with Gasteiger partial charge in [0.2, 0.25) is 17.6 Å². The lowest BCUT2D eigenvalue weighted by Crippen LogP contribution is -2.13. The average Bonchev–Trinajstić information content (AvgIpc) is 3.19. The number of benzene rings is 2. The van der Waals surface area contributed by atoms with E-state index in [4.69, 9.17) is 4.52 Å². The molecule has 0 radical (unpaired) electrons. The molecule has 2 aromatic carbocycles. The van der Waals surface area contributed by atoms with Crippen molar-refractivity contribution in [3.05, 3.63) is 59.2 Å². The summed E-state index contributed by atoms with van der Waals surface area (Å²) >= 11 is 1.83. The number of nitrogens with one attached hydrogen (secondary N) is 1. The third-order valence-corrected chi connectivity index (χ3v) is 6.11. The largest absolute Gasteiger partial charge is 0.339 e. The maximum Gasteiger partial charge on any atom is 0.227 e. The quantitative estimate of drug-likeness (QED) is 0.450. The normalized spacial score (nSPS) is 12.0. The molecule has 3 aromatic rings. The topological polar surface area (TPSA) is 68.0 Å². The number of hydrogen-bond acceptors (Lipinski definition) is 5. The molecule has 0 saturated carbocycles. The molecule has 0 aliphatic rings. The summed E-state index contributed by atoms with van der Waals surface area (Å²) in [4.78, 5) is 17.8. The number of carbonyl (C=O) groups excluding carboxylic acids is 1. The van der Waals surface area contributed by atoms with Gasteiger partial charge < -0.3 is 9.84 Å². The van der Waals surface area contributed by atoms with Gasteiger partial charge in [-0.2, -0.15) is 4.98 Å². The van der Waals surface area contributed by atoms with Crippen LogP contribution in [0.1, 0.15) is 43.7 Å². The number of amides is 1. The van der Waals surface area contributed by atoms with E-state index in [0.29, 0.717) is 34.5 Å². The minimum absolute atomic E-state index is 0.124. The number of carbonyl (C=O) groups is 1. The molecule has 5 nitrogen and oxygen atoms in total. The predicted octanol–water partition coefficient (Wildman–Crippen LogP) is 5.95. The number of rotatable bonds is 8. The first-order valence-corrected chi connectivity index (χ1v) is 10.9. The number of aryl methyl sites for hydroxylation is 3. The third kappa shape index (κ3) is 5.69. The highest BCUT2D eigenvalue weighted by atomic mass is 32.2. The molecule has 0 bridgehead atoms. The SMILES string of the molecule is CCC(C)Sc1ccc(NC(=O)CCc2nc(-c3ccc(C)c(F)c3)no2)c(C)c1. The summed E-state index contributed by atoms with van der Waals surface area (Å²) < 4.78 is 18.9. The first-order valence-electron chi connectivity index (χ1n) is 10.0. The first kappa shape index (κ1) is 22.0. The molecule has 3 rings (SSSR count). The minimum Gasteiger partial charge on any atom is -0.339 e. The Morgan fingerprint density at radius 2 is 2.00 bits per heavy atom. The van der Waals surface area contributed by atoms with Gasteiger partial charge in [0.15, 0.2) is 0 Å². The van der Waals surface area contributed by atoms with Gasteiger partial charge in [0.25, 0.3) is 0 Å². The second-order valence-corrected chi connectivity index (χ2v) is 8.85. The van der Waals surface area contributed by atoms with Gasteiger partial charge in [-0.15, -0.1) is 11.8 Å².